The fourth-order valence-corrected chi connectivity index (χ4v) is 3.77. The third kappa shape index (κ3) is 4.38. The number of hydrogen-bond acceptors (Lipinski definition) is 3. The molecule has 2 aromatic carbocycles. The van der Waals surface area contributed by atoms with Crippen molar-refractivity contribution in [3.05, 3.63) is 58.9 Å². The highest BCUT2D eigenvalue weighted by atomic mass is 35.5. The second-order valence-corrected chi connectivity index (χ2v) is 7.83. The molecule has 1 N–H and O–H groups in total. The van der Waals surface area contributed by atoms with Crippen LogP contribution in [0.4, 0.5) is 9.52 Å². The molecular weight excluding hydrogens is 373 g/mol. The quantitative estimate of drug-likeness (QED) is 0.699. The Balaban J connectivity index is 1.92. The van der Waals surface area contributed by atoms with Gasteiger partial charge in [-0.15, -0.1) is 0 Å². The van der Waals surface area contributed by atoms with Gasteiger partial charge in [-0.25, -0.2) is 9.37 Å². The Kier molecular flexibility index (Phi) is 5.86. The van der Waals surface area contributed by atoms with E-state index in [4.69, 9.17) is 11.6 Å². The Labute approximate surface area is 160 Å². The van der Waals surface area contributed by atoms with Crippen LogP contribution in [0.1, 0.15) is 16.8 Å². The van der Waals surface area contributed by atoms with E-state index in [2.05, 4.69) is 19.1 Å². The standard InChI is InChI=1S/C19H19ClFN3OS/c1-23(2)10-3-11-24(18(25)13-4-6-14(20)7-5-13)19-22-16-9-8-15(21)12-17(16)26-19/h4-9,12H,3,10-11H2,1-2H3/p+1. The number of carbonyl (C=O) groups is 1. The van der Waals surface area contributed by atoms with Crippen LogP contribution in [0.5, 0.6) is 0 Å². The molecule has 3 aromatic rings. The second-order valence-electron chi connectivity index (χ2n) is 6.38. The van der Waals surface area contributed by atoms with E-state index in [1.54, 1.807) is 35.2 Å². The van der Waals surface area contributed by atoms with Crippen LogP contribution in [-0.2, 0) is 0 Å². The number of quaternary nitrogens is 1. The highest BCUT2D eigenvalue weighted by Crippen LogP contribution is 2.30. The summed E-state index contributed by atoms with van der Waals surface area (Å²) < 4.78 is 14.2. The Morgan fingerprint density at radius 1 is 1.23 bits per heavy atom. The van der Waals surface area contributed by atoms with Gasteiger partial charge in [-0.05, 0) is 42.5 Å². The SMILES string of the molecule is C[NH+](C)CCCN(C(=O)c1ccc(Cl)cc1)c1nc2ccc(F)cc2s1. The summed E-state index contributed by atoms with van der Waals surface area (Å²) in [5, 5.41) is 1.17. The van der Waals surface area contributed by atoms with Crippen molar-refractivity contribution in [3.8, 4) is 0 Å². The first-order valence-corrected chi connectivity index (χ1v) is 9.56. The first-order chi connectivity index (χ1) is 12.4. The number of halogens is 2. The van der Waals surface area contributed by atoms with Gasteiger partial charge in [-0.3, -0.25) is 9.69 Å². The number of fused-ring (bicyclic) bond motifs is 1. The largest absolute Gasteiger partial charge is 0.340 e. The number of anilines is 1. The zero-order valence-corrected chi connectivity index (χ0v) is 16.2. The van der Waals surface area contributed by atoms with Gasteiger partial charge in [-0.1, -0.05) is 22.9 Å². The van der Waals surface area contributed by atoms with E-state index in [0.717, 1.165) is 17.7 Å². The minimum Gasteiger partial charge on any atom is -0.340 e. The van der Waals surface area contributed by atoms with Gasteiger partial charge < -0.3 is 4.90 Å². The third-order valence-corrected chi connectivity index (χ3v) is 5.26. The lowest BCUT2D eigenvalue weighted by Crippen LogP contribution is -3.05. The van der Waals surface area contributed by atoms with Crippen LogP contribution in [0.25, 0.3) is 10.2 Å². The Morgan fingerprint density at radius 2 is 1.96 bits per heavy atom. The molecule has 0 saturated heterocycles. The van der Waals surface area contributed by atoms with Crippen LogP contribution >= 0.6 is 22.9 Å². The third-order valence-electron chi connectivity index (χ3n) is 3.96. The number of aromatic nitrogens is 1. The predicted molar refractivity (Wildman–Crippen MR) is 105 cm³/mol. The smallest absolute Gasteiger partial charge is 0.260 e. The van der Waals surface area contributed by atoms with Gasteiger partial charge in [0.2, 0.25) is 0 Å². The summed E-state index contributed by atoms with van der Waals surface area (Å²) in [6.45, 7) is 1.48. The molecule has 0 aliphatic heterocycles. The van der Waals surface area contributed by atoms with E-state index in [0.29, 0.717) is 27.8 Å². The summed E-state index contributed by atoms with van der Waals surface area (Å²) in [5.74, 6) is -0.436. The topological polar surface area (TPSA) is 37.6 Å². The number of hydrogen-bond donors (Lipinski definition) is 1. The lowest BCUT2D eigenvalue weighted by molar-refractivity contribution is -0.858. The normalized spacial score (nSPS) is 11.3. The molecule has 0 aliphatic carbocycles. The molecule has 1 aromatic heterocycles. The first kappa shape index (κ1) is 18.8. The van der Waals surface area contributed by atoms with E-state index >= 15 is 0 Å². The van der Waals surface area contributed by atoms with Crippen LogP contribution in [0.3, 0.4) is 0 Å². The first-order valence-electron chi connectivity index (χ1n) is 8.36. The average molecular weight is 393 g/mol. The molecule has 0 aliphatic rings. The van der Waals surface area contributed by atoms with Crippen molar-refractivity contribution >= 4 is 44.2 Å². The molecule has 0 spiro atoms. The van der Waals surface area contributed by atoms with E-state index < -0.39 is 0 Å². The van der Waals surface area contributed by atoms with Gasteiger partial charge in [-0.2, -0.15) is 0 Å². The zero-order valence-electron chi connectivity index (χ0n) is 14.6. The number of nitrogens with one attached hydrogen (secondary N) is 1. The summed E-state index contributed by atoms with van der Waals surface area (Å²) in [6, 6.07) is 11.3. The zero-order chi connectivity index (χ0) is 18.7. The lowest BCUT2D eigenvalue weighted by Gasteiger charge is -2.20. The Morgan fingerprint density at radius 3 is 2.65 bits per heavy atom. The molecule has 4 nitrogen and oxygen atoms in total. The molecule has 0 radical (unpaired) electrons. The van der Waals surface area contributed by atoms with Crippen LogP contribution in [0, 0.1) is 5.82 Å². The minimum absolute atomic E-state index is 0.130. The number of carbonyl (C=O) groups excluding carboxylic acids is 1. The fraction of sp³-hybridized carbons (Fsp3) is 0.263. The summed E-state index contributed by atoms with van der Waals surface area (Å²) in [7, 11) is 4.15. The molecular formula is C19H20ClFN3OS+. The maximum Gasteiger partial charge on any atom is 0.260 e. The van der Waals surface area contributed by atoms with E-state index in [1.807, 2.05) is 0 Å². The minimum atomic E-state index is -0.306. The molecule has 1 amide bonds. The van der Waals surface area contributed by atoms with Gasteiger partial charge in [0.25, 0.3) is 5.91 Å². The molecule has 26 heavy (non-hydrogen) atoms. The molecule has 136 valence electrons. The number of rotatable bonds is 6. The molecule has 0 unspecified atom stereocenters. The maximum absolute atomic E-state index is 13.5. The maximum atomic E-state index is 13.5. The number of amides is 1. The van der Waals surface area contributed by atoms with E-state index in [-0.39, 0.29) is 11.7 Å². The lowest BCUT2D eigenvalue weighted by atomic mass is 10.2. The molecule has 0 bridgehead atoms. The fourth-order valence-electron chi connectivity index (χ4n) is 2.62. The number of nitrogens with zero attached hydrogens (tertiary/aromatic N) is 2. The molecule has 0 atom stereocenters. The van der Waals surface area contributed by atoms with Crippen molar-refractivity contribution in [3.63, 3.8) is 0 Å². The average Bonchev–Trinajstić information content (AvgIpc) is 3.01. The van der Waals surface area contributed by atoms with Gasteiger partial charge in [0.1, 0.15) is 5.82 Å². The molecule has 0 saturated carbocycles. The highest BCUT2D eigenvalue weighted by molar-refractivity contribution is 7.22. The molecule has 3 rings (SSSR count). The Bertz CT molecular complexity index is 911. The van der Waals surface area contributed by atoms with E-state index in [1.165, 1.54) is 28.4 Å². The molecule has 0 fully saturated rings. The predicted octanol–water partition coefficient (Wildman–Crippen LogP) is 3.27. The van der Waals surface area contributed by atoms with Crippen LogP contribution < -0.4 is 9.80 Å². The van der Waals surface area contributed by atoms with Gasteiger partial charge >= 0.3 is 0 Å². The van der Waals surface area contributed by atoms with Crippen molar-refractivity contribution in [1.82, 2.24) is 4.98 Å². The summed E-state index contributed by atoms with van der Waals surface area (Å²) in [5.41, 5.74) is 1.25. The van der Waals surface area contributed by atoms with Crippen LogP contribution in [0.15, 0.2) is 42.5 Å². The summed E-state index contributed by atoms with van der Waals surface area (Å²) in [6.07, 6.45) is 0.839. The summed E-state index contributed by atoms with van der Waals surface area (Å²) >= 11 is 7.25. The number of thiazole rings is 1. The van der Waals surface area contributed by atoms with Gasteiger partial charge in [0, 0.05) is 23.6 Å². The van der Waals surface area contributed by atoms with Crippen molar-refractivity contribution < 1.29 is 14.1 Å². The summed E-state index contributed by atoms with van der Waals surface area (Å²) in [4.78, 5) is 20.6. The van der Waals surface area contributed by atoms with Crippen molar-refractivity contribution in [2.24, 2.45) is 0 Å². The number of benzene rings is 2. The van der Waals surface area contributed by atoms with E-state index in [9.17, 15) is 9.18 Å². The monoisotopic (exact) mass is 392 g/mol. The van der Waals surface area contributed by atoms with Crippen molar-refractivity contribution in [2.45, 2.75) is 6.42 Å². The van der Waals surface area contributed by atoms with Crippen molar-refractivity contribution in [2.75, 3.05) is 32.1 Å². The van der Waals surface area contributed by atoms with Crippen LogP contribution in [-0.4, -0.2) is 38.1 Å². The van der Waals surface area contributed by atoms with Crippen molar-refractivity contribution in [1.29, 1.82) is 0 Å². The molecule has 1 heterocycles. The van der Waals surface area contributed by atoms with Gasteiger partial charge in [0.05, 0.1) is 30.9 Å². The Hall–Kier alpha value is -2.02. The highest BCUT2D eigenvalue weighted by Gasteiger charge is 2.21. The molecule has 7 heteroatoms. The second kappa shape index (κ2) is 8.12. The van der Waals surface area contributed by atoms with Crippen LogP contribution in [0.2, 0.25) is 5.02 Å². The van der Waals surface area contributed by atoms with Gasteiger partial charge in [0.15, 0.2) is 5.13 Å².